The van der Waals surface area contributed by atoms with Gasteiger partial charge in [-0.25, -0.2) is 9.67 Å². The molecule has 0 atom stereocenters. The van der Waals surface area contributed by atoms with Crippen LogP contribution in [0.1, 0.15) is 32.1 Å². The van der Waals surface area contributed by atoms with Gasteiger partial charge in [-0.2, -0.15) is 18.3 Å². The number of allylic oxidation sites excluding steroid dienone is 1. The van der Waals surface area contributed by atoms with Gasteiger partial charge in [-0.05, 0) is 61.0 Å². The number of carbonyl (C=O) groups excluding carboxylic acids is 2. The van der Waals surface area contributed by atoms with Crippen LogP contribution in [0.4, 0.5) is 24.7 Å². The normalized spacial score (nSPS) is 14.8. The molecule has 1 fully saturated rings. The van der Waals surface area contributed by atoms with Gasteiger partial charge in [-0.1, -0.05) is 0 Å². The number of H-pyrrole nitrogens is 1. The summed E-state index contributed by atoms with van der Waals surface area (Å²) in [5, 5.41) is 4.27. The number of halogens is 3. The summed E-state index contributed by atoms with van der Waals surface area (Å²) in [6, 6.07) is 10.1. The van der Waals surface area contributed by atoms with E-state index in [-0.39, 0.29) is 43.5 Å². The lowest BCUT2D eigenvalue weighted by atomic mass is 10.1. The van der Waals surface area contributed by atoms with E-state index >= 15 is 0 Å². The van der Waals surface area contributed by atoms with Crippen molar-refractivity contribution in [1.82, 2.24) is 29.5 Å². The molecule has 208 valence electrons. The van der Waals surface area contributed by atoms with Gasteiger partial charge in [0.15, 0.2) is 5.78 Å². The van der Waals surface area contributed by atoms with Crippen LogP contribution in [-0.2, 0) is 0 Å². The molecule has 0 unspecified atom stereocenters. The summed E-state index contributed by atoms with van der Waals surface area (Å²) >= 11 is 0. The van der Waals surface area contributed by atoms with Gasteiger partial charge in [0.1, 0.15) is 11.6 Å². The van der Waals surface area contributed by atoms with Gasteiger partial charge in [0.25, 0.3) is 5.91 Å². The van der Waals surface area contributed by atoms with E-state index in [4.69, 9.17) is 11.5 Å². The summed E-state index contributed by atoms with van der Waals surface area (Å²) < 4.78 is 39.4. The Morgan fingerprint density at radius 2 is 1.82 bits per heavy atom. The Morgan fingerprint density at radius 1 is 1.07 bits per heavy atom. The maximum Gasteiger partial charge on any atom is 0.401 e. The fourth-order valence-corrected chi connectivity index (χ4v) is 4.66. The first-order valence-corrected chi connectivity index (χ1v) is 12.5. The maximum atomic E-state index is 13.0. The van der Waals surface area contributed by atoms with Crippen LogP contribution in [0.3, 0.4) is 0 Å². The van der Waals surface area contributed by atoms with E-state index in [1.807, 2.05) is 25.1 Å². The number of benzene rings is 2. The number of aromatic amines is 1. The number of hydrogen-bond acceptors (Lipinski definition) is 7. The molecule has 1 aliphatic rings. The van der Waals surface area contributed by atoms with Crippen molar-refractivity contribution in [2.75, 3.05) is 44.2 Å². The summed E-state index contributed by atoms with van der Waals surface area (Å²) in [4.78, 5) is 36.3. The average Bonchev–Trinajstić information content (AvgIpc) is 3.48. The Hall–Kier alpha value is -4.65. The summed E-state index contributed by atoms with van der Waals surface area (Å²) in [7, 11) is 0. The lowest BCUT2D eigenvalue weighted by Crippen LogP contribution is -2.50. The largest absolute Gasteiger partial charge is 0.401 e. The van der Waals surface area contributed by atoms with Crippen molar-refractivity contribution in [3.05, 3.63) is 71.2 Å². The van der Waals surface area contributed by atoms with Crippen LogP contribution >= 0.6 is 0 Å². The predicted octanol–water partition coefficient (Wildman–Crippen LogP) is 3.44. The second kappa shape index (κ2) is 10.5. The van der Waals surface area contributed by atoms with Gasteiger partial charge >= 0.3 is 6.18 Å². The number of piperazine rings is 1. The van der Waals surface area contributed by atoms with Crippen LogP contribution in [0.2, 0.25) is 0 Å². The van der Waals surface area contributed by atoms with E-state index < -0.39 is 18.5 Å². The molecule has 0 aliphatic carbocycles. The molecule has 5 rings (SSSR count). The van der Waals surface area contributed by atoms with E-state index in [1.54, 1.807) is 18.2 Å². The molecule has 10 nitrogen and oxygen atoms in total. The Bertz CT molecular complexity index is 1610. The molecule has 1 amide bonds. The number of ketones is 1. The third-order valence-corrected chi connectivity index (χ3v) is 6.71. The second-order valence-electron chi connectivity index (χ2n) is 9.60. The zero-order chi connectivity index (χ0) is 28.6. The summed E-state index contributed by atoms with van der Waals surface area (Å²) in [5.74, 6) is 0.206. The first kappa shape index (κ1) is 26.9. The molecular formula is C27H27F3N8O2. The number of imidazole rings is 1. The molecule has 1 aliphatic heterocycles. The van der Waals surface area contributed by atoms with Crippen molar-refractivity contribution in [2.45, 2.75) is 13.1 Å². The lowest BCUT2D eigenvalue weighted by Gasteiger charge is -2.35. The number of amides is 1. The van der Waals surface area contributed by atoms with Gasteiger partial charge in [0.05, 0.1) is 35.0 Å². The topological polar surface area (TPSA) is 139 Å². The number of alkyl halides is 3. The number of nitrogen functional groups attached to an aromatic ring is 2. The highest BCUT2D eigenvalue weighted by Crippen LogP contribution is 2.23. The summed E-state index contributed by atoms with van der Waals surface area (Å²) in [6.45, 7) is 1.48. The highest BCUT2D eigenvalue weighted by atomic mass is 19.4. The number of aromatic nitrogens is 4. The number of nitrogens with one attached hydrogen (secondary N) is 1. The number of fused-ring (bicyclic) bond motifs is 1. The molecule has 2 aromatic heterocycles. The van der Waals surface area contributed by atoms with Crippen LogP contribution in [0.25, 0.3) is 22.8 Å². The standard InChI is InChI=1S/C27H27F3N8O2/c1-16-34-22-6-4-19(13-23(22)35-16)38-25(32)20(14-33-38)24(39)7-3-17-12-18(2-5-21(17)31)26(40)37-10-8-36(9-11-37)15-27(28,29)30/h2-7,12-14H,8-11,15,31-32H2,1H3,(H,34,35)/b7-3+. The van der Waals surface area contributed by atoms with Crippen molar-refractivity contribution in [3.8, 4) is 5.69 Å². The smallest absolute Gasteiger partial charge is 0.398 e. The molecule has 0 bridgehead atoms. The predicted molar refractivity (Wildman–Crippen MR) is 145 cm³/mol. The molecule has 4 aromatic rings. The highest BCUT2D eigenvalue weighted by molar-refractivity contribution is 6.10. The lowest BCUT2D eigenvalue weighted by molar-refractivity contribution is -0.148. The number of nitrogens with zero attached hydrogens (tertiary/aromatic N) is 5. The minimum absolute atomic E-state index is 0.131. The molecule has 13 heteroatoms. The number of rotatable bonds is 6. The SMILES string of the molecule is Cc1nc2cc(-n3ncc(C(=O)/C=C/c4cc(C(=O)N5CCN(CC(F)(F)F)CC5)ccc4N)c3N)ccc2[nH]1. The average molecular weight is 553 g/mol. The summed E-state index contributed by atoms with van der Waals surface area (Å²) in [6.07, 6.45) is -0.110. The van der Waals surface area contributed by atoms with Gasteiger partial charge < -0.3 is 21.4 Å². The van der Waals surface area contributed by atoms with Gasteiger partial charge in [0, 0.05) is 37.4 Å². The fourth-order valence-electron chi connectivity index (χ4n) is 4.66. The monoisotopic (exact) mass is 552 g/mol. The molecule has 0 saturated carbocycles. The molecule has 40 heavy (non-hydrogen) atoms. The van der Waals surface area contributed by atoms with Gasteiger partial charge in [0.2, 0.25) is 0 Å². The van der Waals surface area contributed by atoms with Gasteiger partial charge in [-0.3, -0.25) is 14.5 Å². The van der Waals surface area contributed by atoms with Crippen LogP contribution in [-0.4, -0.2) is 80.1 Å². The number of anilines is 2. The van der Waals surface area contributed by atoms with Crippen molar-refractivity contribution in [3.63, 3.8) is 0 Å². The third kappa shape index (κ3) is 5.69. The molecule has 5 N–H and O–H groups in total. The van der Waals surface area contributed by atoms with E-state index in [0.29, 0.717) is 22.5 Å². The van der Waals surface area contributed by atoms with Gasteiger partial charge in [-0.15, -0.1) is 0 Å². The van der Waals surface area contributed by atoms with E-state index in [9.17, 15) is 22.8 Å². The van der Waals surface area contributed by atoms with E-state index in [0.717, 1.165) is 16.9 Å². The second-order valence-corrected chi connectivity index (χ2v) is 9.60. The number of carbonyl (C=O) groups is 2. The van der Waals surface area contributed by atoms with Crippen molar-refractivity contribution in [1.29, 1.82) is 0 Å². The van der Waals surface area contributed by atoms with Crippen LogP contribution in [0.5, 0.6) is 0 Å². The number of hydrogen-bond donors (Lipinski definition) is 3. The van der Waals surface area contributed by atoms with Crippen LogP contribution < -0.4 is 11.5 Å². The van der Waals surface area contributed by atoms with Crippen molar-refractivity contribution < 1.29 is 22.8 Å². The zero-order valence-corrected chi connectivity index (χ0v) is 21.6. The maximum absolute atomic E-state index is 13.0. The summed E-state index contributed by atoms with van der Waals surface area (Å²) in [5.41, 5.74) is 15.9. The van der Waals surface area contributed by atoms with E-state index in [2.05, 4.69) is 15.1 Å². The quantitative estimate of drug-likeness (QED) is 0.189. The van der Waals surface area contributed by atoms with Crippen molar-refractivity contribution >= 4 is 40.3 Å². The number of nitrogens with two attached hydrogens (primary N) is 2. The highest BCUT2D eigenvalue weighted by Gasteiger charge is 2.33. The number of aryl methyl sites for hydroxylation is 1. The van der Waals surface area contributed by atoms with Crippen LogP contribution in [0.15, 0.2) is 48.7 Å². The zero-order valence-electron chi connectivity index (χ0n) is 21.6. The van der Waals surface area contributed by atoms with Crippen molar-refractivity contribution in [2.24, 2.45) is 0 Å². The Morgan fingerprint density at radius 3 is 2.55 bits per heavy atom. The molecule has 3 heterocycles. The Labute approximate surface area is 227 Å². The minimum Gasteiger partial charge on any atom is -0.398 e. The molecule has 0 spiro atoms. The Balaban J connectivity index is 1.29. The minimum atomic E-state index is -4.28. The fraction of sp³-hybridized carbons (Fsp3) is 0.259. The van der Waals surface area contributed by atoms with Crippen LogP contribution in [0, 0.1) is 6.92 Å². The van der Waals surface area contributed by atoms with E-state index in [1.165, 1.54) is 32.8 Å². The molecular weight excluding hydrogens is 525 g/mol. The molecule has 0 radical (unpaired) electrons. The first-order chi connectivity index (χ1) is 19.0. The Kier molecular flexibility index (Phi) is 7.06. The first-order valence-electron chi connectivity index (χ1n) is 12.5. The molecule has 2 aromatic carbocycles. The molecule has 1 saturated heterocycles. The third-order valence-electron chi connectivity index (χ3n) is 6.71.